The first-order chi connectivity index (χ1) is 6.88. The molecule has 2 saturated heterocycles. The lowest BCUT2D eigenvalue weighted by Crippen LogP contribution is -2.41. The van der Waals surface area contributed by atoms with Crippen LogP contribution in [0.1, 0.15) is 39.0 Å². The molecular weight excluding hydrogens is 172 g/mol. The summed E-state index contributed by atoms with van der Waals surface area (Å²) >= 11 is 0. The first-order valence-electron chi connectivity index (χ1n) is 6.34. The molecule has 2 heteroatoms. The largest absolute Gasteiger partial charge is 0.313 e. The van der Waals surface area contributed by atoms with Gasteiger partial charge in [-0.2, -0.15) is 0 Å². The molecule has 2 heterocycles. The second kappa shape index (κ2) is 5.13. The van der Waals surface area contributed by atoms with Crippen LogP contribution in [0.5, 0.6) is 0 Å². The van der Waals surface area contributed by atoms with Crippen LogP contribution in [-0.2, 0) is 0 Å². The predicted octanol–water partition coefficient (Wildman–Crippen LogP) is 1.86. The highest BCUT2D eigenvalue weighted by molar-refractivity contribution is 4.80. The molecule has 0 unspecified atom stereocenters. The molecule has 0 saturated carbocycles. The third kappa shape index (κ3) is 2.71. The van der Waals surface area contributed by atoms with Gasteiger partial charge in [0.05, 0.1) is 0 Å². The summed E-state index contributed by atoms with van der Waals surface area (Å²) in [5, 5.41) is 3.59. The van der Waals surface area contributed by atoms with E-state index in [9.17, 15) is 0 Å². The van der Waals surface area contributed by atoms with E-state index in [1.54, 1.807) is 0 Å². The average molecular weight is 196 g/mol. The van der Waals surface area contributed by atoms with E-state index in [0.29, 0.717) is 0 Å². The number of likely N-dealkylation sites (tertiary alicyclic amines) is 1. The van der Waals surface area contributed by atoms with Crippen molar-refractivity contribution in [2.45, 2.75) is 45.1 Å². The number of hydrogen-bond acceptors (Lipinski definition) is 2. The summed E-state index contributed by atoms with van der Waals surface area (Å²) in [6.45, 7) is 7.57. The van der Waals surface area contributed by atoms with Gasteiger partial charge in [0.15, 0.2) is 0 Å². The number of nitrogens with zero attached hydrogens (tertiary/aromatic N) is 1. The fourth-order valence-electron chi connectivity index (χ4n) is 2.80. The number of piperidine rings is 1. The molecule has 0 aromatic carbocycles. The van der Waals surface area contributed by atoms with Gasteiger partial charge in [-0.25, -0.2) is 0 Å². The number of nitrogens with one attached hydrogen (secondary N) is 1. The van der Waals surface area contributed by atoms with Gasteiger partial charge in [-0.05, 0) is 51.2 Å². The molecule has 2 aliphatic rings. The van der Waals surface area contributed by atoms with Crippen LogP contribution in [0.3, 0.4) is 0 Å². The maximum Gasteiger partial charge on any atom is 0.0195 e. The Kier molecular flexibility index (Phi) is 3.82. The van der Waals surface area contributed by atoms with E-state index in [-0.39, 0.29) is 0 Å². The molecule has 0 radical (unpaired) electrons. The number of rotatable bonds is 3. The molecule has 1 atom stereocenters. The Hall–Kier alpha value is -0.0800. The molecule has 0 aromatic rings. The zero-order valence-corrected chi connectivity index (χ0v) is 9.47. The van der Waals surface area contributed by atoms with E-state index in [1.165, 1.54) is 58.3 Å². The topological polar surface area (TPSA) is 15.3 Å². The van der Waals surface area contributed by atoms with Gasteiger partial charge >= 0.3 is 0 Å². The molecule has 14 heavy (non-hydrogen) atoms. The van der Waals surface area contributed by atoms with Crippen molar-refractivity contribution in [3.05, 3.63) is 0 Å². The summed E-state index contributed by atoms with van der Waals surface area (Å²) < 4.78 is 0. The van der Waals surface area contributed by atoms with Gasteiger partial charge < -0.3 is 10.2 Å². The van der Waals surface area contributed by atoms with Gasteiger partial charge in [-0.1, -0.05) is 13.3 Å². The minimum absolute atomic E-state index is 0.799. The van der Waals surface area contributed by atoms with Gasteiger partial charge in [0.25, 0.3) is 0 Å². The number of hydrogen-bond donors (Lipinski definition) is 1. The average Bonchev–Trinajstić information content (AvgIpc) is 2.72. The van der Waals surface area contributed by atoms with E-state index in [4.69, 9.17) is 0 Å². The van der Waals surface area contributed by atoms with Crippen LogP contribution in [0.2, 0.25) is 0 Å². The molecule has 0 aromatic heterocycles. The highest BCUT2D eigenvalue weighted by Crippen LogP contribution is 2.20. The van der Waals surface area contributed by atoms with Crippen LogP contribution in [0.15, 0.2) is 0 Å². The first-order valence-corrected chi connectivity index (χ1v) is 6.34. The Balaban J connectivity index is 1.67. The minimum atomic E-state index is 0.799. The zero-order chi connectivity index (χ0) is 9.80. The van der Waals surface area contributed by atoms with Crippen molar-refractivity contribution in [2.75, 3.05) is 26.2 Å². The first kappa shape index (κ1) is 10.4. The minimum Gasteiger partial charge on any atom is -0.313 e. The van der Waals surface area contributed by atoms with Gasteiger partial charge in [-0.3, -0.25) is 0 Å². The molecule has 0 spiro atoms. The Bertz CT molecular complexity index is 156. The Morgan fingerprint density at radius 2 is 2.00 bits per heavy atom. The Morgan fingerprint density at radius 1 is 1.21 bits per heavy atom. The van der Waals surface area contributed by atoms with Crippen molar-refractivity contribution in [3.63, 3.8) is 0 Å². The summed E-state index contributed by atoms with van der Waals surface area (Å²) in [6, 6.07) is 0.799. The van der Waals surface area contributed by atoms with Crippen molar-refractivity contribution < 1.29 is 0 Å². The van der Waals surface area contributed by atoms with Crippen LogP contribution >= 0.6 is 0 Å². The van der Waals surface area contributed by atoms with Gasteiger partial charge in [0, 0.05) is 12.6 Å². The molecule has 2 rings (SSSR count). The Labute approximate surface area is 88.1 Å². The van der Waals surface area contributed by atoms with Crippen LogP contribution in [-0.4, -0.2) is 37.1 Å². The van der Waals surface area contributed by atoms with Gasteiger partial charge in [0.2, 0.25) is 0 Å². The quantitative estimate of drug-likeness (QED) is 0.741. The van der Waals surface area contributed by atoms with E-state index in [1.807, 2.05) is 0 Å². The second-order valence-corrected chi connectivity index (χ2v) is 4.95. The molecule has 2 fully saturated rings. The molecule has 0 bridgehead atoms. The maximum atomic E-state index is 3.59. The van der Waals surface area contributed by atoms with E-state index in [2.05, 4.69) is 17.1 Å². The highest BCUT2D eigenvalue weighted by Gasteiger charge is 2.21. The lowest BCUT2D eigenvalue weighted by atomic mass is 9.94. The van der Waals surface area contributed by atoms with Gasteiger partial charge in [-0.15, -0.1) is 0 Å². The molecule has 82 valence electrons. The predicted molar refractivity (Wildman–Crippen MR) is 60.5 cm³/mol. The summed E-state index contributed by atoms with van der Waals surface area (Å²) in [7, 11) is 0. The summed E-state index contributed by atoms with van der Waals surface area (Å²) in [5.41, 5.74) is 0. The fraction of sp³-hybridized carbons (Fsp3) is 1.00. The summed E-state index contributed by atoms with van der Waals surface area (Å²) in [6.07, 6.45) is 7.03. The normalized spacial score (nSPS) is 31.1. The highest BCUT2D eigenvalue weighted by atomic mass is 15.2. The van der Waals surface area contributed by atoms with E-state index >= 15 is 0 Å². The van der Waals surface area contributed by atoms with Crippen LogP contribution in [0.25, 0.3) is 0 Å². The van der Waals surface area contributed by atoms with Gasteiger partial charge in [0.1, 0.15) is 0 Å². The third-order valence-electron chi connectivity index (χ3n) is 3.93. The van der Waals surface area contributed by atoms with E-state index in [0.717, 1.165) is 12.0 Å². The Morgan fingerprint density at radius 3 is 2.57 bits per heavy atom. The second-order valence-electron chi connectivity index (χ2n) is 4.95. The van der Waals surface area contributed by atoms with Crippen molar-refractivity contribution >= 4 is 0 Å². The fourth-order valence-corrected chi connectivity index (χ4v) is 2.80. The molecule has 2 nitrogen and oxygen atoms in total. The summed E-state index contributed by atoms with van der Waals surface area (Å²) in [5.74, 6) is 1.02. The molecule has 1 N–H and O–H groups in total. The molecule has 2 aliphatic heterocycles. The van der Waals surface area contributed by atoms with Crippen LogP contribution < -0.4 is 5.32 Å². The third-order valence-corrected chi connectivity index (χ3v) is 3.93. The molecule has 0 aliphatic carbocycles. The van der Waals surface area contributed by atoms with Crippen molar-refractivity contribution in [2.24, 2.45) is 5.92 Å². The lowest BCUT2D eigenvalue weighted by Gasteiger charge is -2.33. The molecular formula is C12H24N2. The SMILES string of the molecule is CCC1CCN(C[C@@H]2CCCN2)CC1. The van der Waals surface area contributed by atoms with Crippen molar-refractivity contribution in [3.8, 4) is 0 Å². The zero-order valence-electron chi connectivity index (χ0n) is 9.47. The molecule has 0 amide bonds. The standard InChI is InChI=1S/C12H24N2/c1-2-11-5-8-14(9-6-11)10-12-4-3-7-13-12/h11-13H,2-10H2,1H3/t12-/m0/s1. The smallest absolute Gasteiger partial charge is 0.0195 e. The van der Waals surface area contributed by atoms with Crippen LogP contribution in [0.4, 0.5) is 0 Å². The van der Waals surface area contributed by atoms with E-state index < -0.39 is 0 Å². The summed E-state index contributed by atoms with van der Waals surface area (Å²) in [4.78, 5) is 2.66. The monoisotopic (exact) mass is 196 g/mol. The van der Waals surface area contributed by atoms with Crippen molar-refractivity contribution in [1.29, 1.82) is 0 Å². The van der Waals surface area contributed by atoms with Crippen molar-refractivity contribution in [1.82, 2.24) is 10.2 Å². The maximum absolute atomic E-state index is 3.59. The van der Waals surface area contributed by atoms with Crippen LogP contribution in [0, 0.1) is 5.92 Å². The lowest BCUT2D eigenvalue weighted by molar-refractivity contribution is 0.169.